The Labute approximate surface area is 179 Å². The average molecular weight is 419 g/mol. The Morgan fingerprint density at radius 2 is 1.52 bits per heavy atom. The zero-order chi connectivity index (χ0) is 21.8. The molecule has 2 aromatic carbocycles. The van der Waals surface area contributed by atoms with Gasteiger partial charge in [0.15, 0.2) is 0 Å². The van der Waals surface area contributed by atoms with Gasteiger partial charge in [-0.25, -0.2) is 23.5 Å². The van der Waals surface area contributed by atoms with Crippen LogP contribution < -0.4 is 11.4 Å². The van der Waals surface area contributed by atoms with Gasteiger partial charge in [0.2, 0.25) is 5.79 Å². The zero-order valence-electron chi connectivity index (χ0n) is 17.8. The quantitative estimate of drug-likeness (QED) is 0.655. The third-order valence-electron chi connectivity index (χ3n) is 6.44. The topological polar surface area (TPSA) is 67.4 Å². The molecule has 1 fully saturated rings. The summed E-state index contributed by atoms with van der Waals surface area (Å²) in [6.45, 7) is 1.91. The van der Waals surface area contributed by atoms with Crippen LogP contribution in [-0.2, 0) is 16.5 Å². The molecule has 0 aliphatic carbocycles. The van der Waals surface area contributed by atoms with Crippen LogP contribution in [0.25, 0.3) is 0 Å². The molecule has 2 aliphatic heterocycles. The number of ether oxygens (including phenoxy) is 2. The van der Waals surface area contributed by atoms with Gasteiger partial charge < -0.3 is 9.47 Å². The van der Waals surface area contributed by atoms with Gasteiger partial charge in [-0.3, -0.25) is 0 Å². The van der Waals surface area contributed by atoms with E-state index in [1.54, 1.807) is 16.5 Å². The number of hydrogen-bond donors (Lipinski definition) is 0. The molecule has 0 spiro atoms. The maximum atomic E-state index is 13.3. The van der Waals surface area contributed by atoms with E-state index < -0.39 is 17.9 Å². The molecule has 2 aliphatic rings. The fourth-order valence-electron chi connectivity index (χ4n) is 4.80. The van der Waals surface area contributed by atoms with Crippen LogP contribution in [0.5, 0.6) is 0 Å². The van der Waals surface area contributed by atoms with E-state index in [0.29, 0.717) is 12.2 Å². The molecule has 0 radical (unpaired) electrons. The van der Waals surface area contributed by atoms with Crippen molar-refractivity contribution in [3.8, 4) is 0 Å². The van der Waals surface area contributed by atoms with Crippen LogP contribution in [0.1, 0.15) is 42.5 Å². The fraction of sp³-hybridized carbons (Fsp3) is 0.333. The van der Waals surface area contributed by atoms with E-state index in [1.807, 2.05) is 73.7 Å². The lowest BCUT2D eigenvalue weighted by Crippen LogP contribution is -2.48. The van der Waals surface area contributed by atoms with E-state index >= 15 is 0 Å². The minimum absolute atomic E-state index is 0.103. The smallest absolute Gasteiger partial charge is 0.347 e. The van der Waals surface area contributed by atoms with Crippen LogP contribution >= 0.6 is 0 Å². The molecule has 7 heteroatoms. The van der Waals surface area contributed by atoms with Crippen LogP contribution in [0.3, 0.4) is 0 Å². The summed E-state index contributed by atoms with van der Waals surface area (Å²) < 4.78 is 16.4. The molecule has 4 atom stereocenters. The second-order valence-electron chi connectivity index (χ2n) is 8.34. The van der Waals surface area contributed by atoms with Gasteiger partial charge in [-0.2, -0.15) is 0 Å². The maximum absolute atomic E-state index is 13.3. The van der Waals surface area contributed by atoms with Gasteiger partial charge in [0.1, 0.15) is 17.8 Å². The molecule has 3 aromatic rings. The van der Waals surface area contributed by atoms with Crippen molar-refractivity contribution in [3.63, 3.8) is 0 Å². The number of rotatable bonds is 3. The number of aromatic nitrogens is 3. The predicted molar refractivity (Wildman–Crippen MR) is 116 cm³/mol. The molecule has 0 amide bonds. The maximum Gasteiger partial charge on any atom is 0.347 e. The molecule has 3 heterocycles. The summed E-state index contributed by atoms with van der Waals surface area (Å²) in [4.78, 5) is 26.4. The van der Waals surface area contributed by atoms with Gasteiger partial charge in [0.25, 0.3) is 0 Å². The fourth-order valence-corrected chi connectivity index (χ4v) is 4.80. The first-order valence-electron chi connectivity index (χ1n) is 10.4. The van der Waals surface area contributed by atoms with Crippen LogP contribution in [0.2, 0.25) is 0 Å². The Morgan fingerprint density at radius 3 is 2.13 bits per heavy atom. The van der Waals surface area contributed by atoms with Crippen molar-refractivity contribution < 1.29 is 9.47 Å². The third-order valence-corrected chi connectivity index (χ3v) is 6.44. The number of benzene rings is 2. The largest absolute Gasteiger partial charge is 0.465 e. The molecule has 31 heavy (non-hydrogen) atoms. The van der Waals surface area contributed by atoms with Crippen molar-refractivity contribution in [2.24, 2.45) is 7.05 Å². The van der Waals surface area contributed by atoms with E-state index in [-0.39, 0.29) is 17.3 Å². The second kappa shape index (κ2) is 7.13. The monoisotopic (exact) mass is 419 g/mol. The van der Waals surface area contributed by atoms with E-state index in [1.165, 1.54) is 11.6 Å². The first kappa shape index (κ1) is 19.6. The highest BCUT2D eigenvalue weighted by Crippen LogP contribution is 2.49. The van der Waals surface area contributed by atoms with E-state index in [9.17, 15) is 9.59 Å². The molecular formula is C24H25N3O4. The molecule has 7 nitrogen and oxygen atoms in total. The molecule has 5 rings (SSSR count). The number of nitrogens with zero attached hydrogens (tertiary/aromatic N) is 3. The van der Waals surface area contributed by atoms with Crippen LogP contribution in [-0.4, -0.2) is 26.8 Å². The van der Waals surface area contributed by atoms with Crippen molar-refractivity contribution in [1.29, 1.82) is 0 Å². The third kappa shape index (κ3) is 2.99. The molecule has 0 saturated carbocycles. The number of allylic oxidation sites excluding steroid dienone is 2. The Bertz CT molecular complexity index is 1260. The Morgan fingerprint density at radius 1 is 0.935 bits per heavy atom. The first-order chi connectivity index (χ1) is 14.9. The highest BCUT2D eigenvalue weighted by molar-refractivity contribution is 5.32. The summed E-state index contributed by atoms with van der Waals surface area (Å²) in [6, 6.07) is 18.8. The average Bonchev–Trinajstić information content (AvgIpc) is 3.03. The summed E-state index contributed by atoms with van der Waals surface area (Å²) >= 11 is 0. The minimum atomic E-state index is -0.842. The van der Waals surface area contributed by atoms with Crippen molar-refractivity contribution in [2.45, 2.75) is 37.1 Å². The van der Waals surface area contributed by atoms with Gasteiger partial charge in [-0.1, -0.05) is 60.7 Å². The molecule has 0 N–H and O–H groups in total. The van der Waals surface area contributed by atoms with Crippen molar-refractivity contribution in [3.05, 3.63) is 105 Å². The number of fused-ring (bicyclic) bond motifs is 3. The summed E-state index contributed by atoms with van der Waals surface area (Å²) in [5, 5.41) is 0. The lowest BCUT2D eigenvalue weighted by molar-refractivity contribution is -0.218. The lowest BCUT2D eigenvalue weighted by Gasteiger charge is -2.46. The Hall–Kier alpha value is -3.32. The van der Waals surface area contributed by atoms with Crippen LogP contribution in [0, 0.1) is 0 Å². The molecule has 1 aromatic heterocycles. The van der Waals surface area contributed by atoms with Gasteiger partial charge >= 0.3 is 11.4 Å². The van der Waals surface area contributed by atoms with E-state index in [2.05, 4.69) is 0 Å². The summed E-state index contributed by atoms with van der Waals surface area (Å²) in [7, 11) is 3.15. The summed E-state index contributed by atoms with van der Waals surface area (Å²) in [6.07, 6.45) is 2.49. The van der Waals surface area contributed by atoms with E-state index in [0.717, 1.165) is 11.1 Å². The van der Waals surface area contributed by atoms with Gasteiger partial charge in [0.05, 0.1) is 0 Å². The van der Waals surface area contributed by atoms with E-state index in [4.69, 9.17) is 9.47 Å². The molecule has 0 bridgehead atoms. The minimum Gasteiger partial charge on any atom is -0.465 e. The van der Waals surface area contributed by atoms with Crippen molar-refractivity contribution in [1.82, 2.24) is 13.9 Å². The Kier molecular flexibility index (Phi) is 4.51. The molecule has 160 valence electrons. The zero-order valence-corrected chi connectivity index (χ0v) is 17.8. The molecule has 0 unspecified atom stereocenters. The van der Waals surface area contributed by atoms with Crippen LogP contribution in [0.4, 0.5) is 0 Å². The molecular weight excluding hydrogens is 394 g/mol. The van der Waals surface area contributed by atoms with Crippen LogP contribution in [0.15, 0.2) is 82.1 Å². The van der Waals surface area contributed by atoms with Crippen molar-refractivity contribution >= 4 is 0 Å². The second-order valence-corrected chi connectivity index (χ2v) is 8.34. The Balaban J connectivity index is 1.78. The van der Waals surface area contributed by atoms with Crippen molar-refractivity contribution in [2.75, 3.05) is 7.11 Å². The normalized spacial score (nSPS) is 27.1. The molecule has 1 saturated heterocycles. The number of hydrogen-bond acceptors (Lipinski definition) is 4. The first-order valence-corrected chi connectivity index (χ1v) is 10.4. The summed E-state index contributed by atoms with van der Waals surface area (Å²) in [5.41, 5.74) is 1.27. The SMILES string of the molecule is CO[C@@]1(C)C[C@@H](c2ccccc2)[C@H]2C(=C[C@@H](c3ccccc3)n3c(=O)n(C)c(=O)n32)O1. The highest BCUT2D eigenvalue weighted by atomic mass is 16.7. The standard InChI is InChI=1S/C24H25N3O4/c1-24(30-3)15-18(16-10-6-4-7-11-16)21-20(31-24)14-19(17-12-8-5-9-13-17)26-22(28)25(2)23(29)27(21)26/h4-14,18-19,21H,15H2,1-3H3/t18-,19-,21-,24+/m0/s1. The lowest BCUT2D eigenvalue weighted by atomic mass is 9.81. The van der Waals surface area contributed by atoms with Gasteiger partial charge in [-0.05, 0) is 17.2 Å². The van der Waals surface area contributed by atoms with Gasteiger partial charge in [0, 0.05) is 33.4 Å². The van der Waals surface area contributed by atoms with Gasteiger partial charge in [-0.15, -0.1) is 0 Å². The predicted octanol–water partition coefficient (Wildman–Crippen LogP) is 2.94. The number of methoxy groups -OCH3 is 1. The highest BCUT2D eigenvalue weighted by Gasteiger charge is 2.48. The summed E-state index contributed by atoms with van der Waals surface area (Å²) in [5.74, 6) is -0.301.